The maximum absolute atomic E-state index is 12.1. The van der Waals surface area contributed by atoms with E-state index in [9.17, 15) is 4.21 Å². The maximum Gasteiger partial charge on any atom is 0.191 e. The van der Waals surface area contributed by atoms with Gasteiger partial charge in [0.05, 0.1) is 6.54 Å². The molecule has 3 unspecified atom stereocenters. The molecule has 0 heterocycles. The minimum Gasteiger partial charge on any atom is -0.357 e. The molecule has 0 amide bonds. The van der Waals surface area contributed by atoms with Crippen LogP contribution in [0.4, 0.5) is 0 Å². The molecule has 0 spiro atoms. The largest absolute Gasteiger partial charge is 0.357 e. The van der Waals surface area contributed by atoms with Crippen molar-refractivity contribution in [1.82, 2.24) is 10.6 Å². The van der Waals surface area contributed by atoms with Gasteiger partial charge in [-0.2, -0.15) is 0 Å². The third-order valence-corrected chi connectivity index (χ3v) is 6.44. The predicted molar refractivity (Wildman–Crippen MR) is 104 cm³/mol. The SMILES string of the molecule is CCNC(=NCc1ccccc1Cl)NC1CCCC(S(=O)CC)C1. The third-order valence-electron chi connectivity index (χ3n) is 4.33. The van der Waals surface area contributed by atoms with Crippen LogP contribution in [0, 0.1) is 0 Å². The molecule has 1 fully saturated rings. The highest BCUT2D eigenvalue weighted by Crippen LogP contribution is 2.23. The van der Waals surface area contributed by atoms with Crippen molar-refractivity contribution in [3.63, 3.8) is 0 Å². The van der Waals surface area contributed by atoms with Crippen LogP contribution in [0.5, 0.6) is 0 Å². The lowest BCUT2D eigenvalue weighted by Crippen LogP contribution is -2.46. The summed E-state index contributed by atoms with van der Waals surface area (Å²) in [7, 11) is -0.707. The molecule has 1 aliphatic rings. The molecule has 4 nitrogen and oxygen atoms in total. The number of hydrogen-bond acceptors (Lipinski definition) is 2. The first-order chi connectivity index (χ1) is 11.6. The standard InChI is InChI=1S/C18H28ClN3OS/c1-3-20-18(21-13-14-8-5-6-11-17(14)19)22-15-9-7-10-16(12-15)24(23)4-2/h5-6,8,11,15-16H,3-4,7,9-10,12-13H2,1-2H3,(H2,20,21,22). The van der Waals surface area contributed by atoms with E-state index in [1.165, 1.54) is 0 Å². The highest BCUT2D eigenvalue weighted by Gasteiger charge is 2.26. The lowest BCUT2D eigenvalue weighted by Gasteiger charge is -2.30. The fraction of sp³-hybridized carbons (Fsp3) is 0.611. The van der Waals surface area contributed by atoms with Gasteiger partial charge in [-0.25, -0.2) is 4.99 Å². The topological polar surface area (TPSA) is 53.5 Å². The normalized spacial score (nSPS) is 22.9. The number of halogens is 1. The van der Waals surface area contributed by atoms with Gasteiger partial charge >= 0.3 is 0 Å². The van der Waals surface area contributed by atoms with Crippen LogP contribution in [0.1, 0.15) is 45.1 Å². The van der Waals surface area contributed by atoms with Crippen LogP contribution in [0.25, 0.3) is 0 Å². The number of benzene rings is 1. The molecule has 1 aromatic rings. The number of hydrogen-bond donors (Lipinski definition) is 2. The van der Waals surface area contributed by atoms with E-state index in [-0.39, 0.29) is 0 Å². The Kier molecular flexibility index (Phi) is 8.06. The zero-order chi connectivity index (χ0) is 17.4. The van der Waals surface area contributed by atoms with Crippen molar-refractivity contribution in [2.24, 2.45) is 4.99 Å². The Morgan fingerprint density at radius 2 is 2.12 bits per heavy atom. The molecule has 0 saturated heterocycles. The highest BCUT2D eigenvalue weighted by atomic mass is 35.5. The van der Waals surface area contributed by atoms with Gasteiger partial charge in [0.15, 0.2) is 5.96 Å². The number of nitrogens with one attached hydrogen (secondary N) is 2. The summed E-state index contributed by atoms with van der Waals surface area (Å²) in [5.41, 5.74) is 1.02. The molecule has 2 N–H and O–H groups in total. The molecule has 3 atom stereocenters. The lowest BCUT2D eigenvalue weighted by molar-refractivity contribution is 0.413. The van der Waals surface area contributed by atoms with Crippen molar-refractivity contribution in [2.45, 2.75) is 57.4 Å². The van der Waals surface area contributed by atoms with Crippen LogP contribution in [0.3, 0.4) is 0 Å². The molecule has 2 rings (SSSR count). The first kappa shape index (κ1) is 19.3. The van der Waals surface area contributed by atoms with Gasteiger partial charge in [-0.3, -0.25) is 4.21 Å². The molecule has 6 heteroatoms. The van der Waals surface area contributed by atoms with E-state index in [4.69, 9.17) is 11.6 Å². The molecule has 0 aliphatic heterocycles. The van der Waals surface area contributed by atoms with Crippen molar-refractivity contribution >= 4 is 28.4 Å². The summed E-state index contributed by atoms with van der Waals surface area (Å²) in [6.07, 6.45) is 4.26. The predicted octanol–water partition coefficient (Wildman–Crippen LogP) is 3.47. The second-order valence-electron chi connectivity index (χ2n) is 6.09. The summed E-state index contributed by atoms with van der Waals surface area (Å²) in [6.45, 7) is 5.42. The van der Waals surface area contributed by atoms with E-state index in [2.05, 4.69) is 22.5 Å². The van der Waals surface area contributed by atoms with Gasteiger partial charge < -0.3 is 10.6 Å². The van der Waals surface area contributed by atoms with Crippen LogP contribution in [0.2, 0.25) is 5.02 Å². The first-order valence-electron chi connectivity index (χ1n) is 8.79. The Morgan fingerprint density at radius 3 is 2.83 bits per heavy atom. The lowest BCUT2D eigenvalue weighted by atomic mass is 9.95. The van der Waals surface area contributed by atoms with Crippen molar-refractivity contribution in [2.75, 3.05) is 12.3 Å². The Hall–Kier alpha value is -1.07. The molecule has 1 aliphatic carbocycles. The Morgan fingerprint density at radius 1 is 1.33 bits per heavy atom. The number of nitrogens with zero attached hydrogens (tertiary/aromatic N) is 1. The highest BCUT2D eigenvalue weighted by molar-refractivity contribution is 7.85. The summed E-state index contributed by atoms with van der Waals surface area (Å²) in [6, 6.07) is 8.12. The van der Waals surface area contributed by atoms with E-state index in [1.807, 2.05) is 31.2 Å². The fourth-order valence-corrected chi connectivity index (χ4v) is 4.60. The molecule has 0 aromatic heterocycles. The van der Waals surface area contributed by atoms with E-state index >= 15 is 0 Å². The van der Waals surface area contributed by atoms with Gasteiger partial charge in [-0.05, 0) is 37.8 Å². The summed E-state index contributed by atoms with van der Waals surface area (Å²) in [5.74, 6) is 1.56. The maximum atomic E-state index is 12.1. The third kappa shape index (κ3) is 5.78. The van der Waals surface area contributed by atoms with Crippen LogP contribution < -0.4 is 10.6 Å². The van der Waals surface area contributed by atoms with Gasteiger partial charge in [-0.1, -0.05) is 43.1 Å². The van der Waals surface area contributed by atoms with E-state index in [0.29, 0.717) is 17.8 Å². The minimum absolute atomic E-state index is 0.313. The number of aliphatic imine (C=N–C) groups is 1. The van der Waals surface area contributed by atoms with Crippen molar-refractivity contribution in [3.05, 3.63) is 34.9 Å². The Labute approximate surface area is 152 Å². The summed E-state index contributed by atoms with van der Waals surface area (Å²) < 4.78 is 12.1. The smallest absolute Gasteiger partial charge is 0.191 e. The second kappa shape index (κ2) is 10.0. The number of rotatable bonds is 6. The summed E-state index contributed by atoms with van der Waals surface area (Å²) in [5, 5.41) is 7.87. The molecule has 24 heavy (non-hydrogen) atoms. The Bertz CT molecular complexity index is 579. The quantitative estimate of drug-likeness (QED) is 0.596. The van der Waals surface area contributed by atoms with Crippen LogP contribution in [-0.4, -0.2) is 33.8 Å². The monoisotopic (exact) mass is 369 g/mol. The van der Waals surface area contributed by atoms with E-state index in [1.54, 1.807) is 0 Å². The molecule has 1 aromatic carbocycles. The minimum atomic E-state index is -0.707. The Balaban J connectivity index is 1.98. The average Bonchev–Trinajstić information content (AvgIpc) is 2.60. The van der Waals surface area contributed by atoms with Crippen molar-refractivity contribution < 1.29 is 4.21 Å². The van der Waals surface area contributed by atoms with Crippen molar-refractivity contribution in [3.8, 4) is 0 Å². The van der Waals surface area contributed by atoms with Crippen molar-refractivity contribution in [1.29, 1.82) is 0 Å². The van der Waals surface area contributed by atoms with Gasteiger partial charge in [0.1, 0.15) is 0 Å². The van der Waals surface area contributed by atoms with Gasteiger partial charge in [0, 0.05) is 39.4 Å². The van der Waals surface area contributed by atoms with Crippen LogP contribution in [-0.2, 0) is 17.3 Å². The summed E-state index contributed by atoms with van der Waals surface area (Å²) in [4.78, 5) is 4.66. The summed E-state index contributed by atoms with van der Waals surface area (Å²) >= 11 is 6.20. The zero-order valence-electron chi connectivity index (χ0n) is 14.6. The molecule has 0 radical (unpaired) electrons. The average molecular weight is 370 g/mol. The molecule has 134 valence electrons. The van der Waals surface area contributed by atoms with Crippen LogP contribution >= 0.6 is 11.6 Å². The number of guanidine groups is 1. The van der Waals surface area contributed by atoms with Gasteiger partial charge in [0.2, 0.25) is 0 Å². The molecular weight excluding hydrogens is 342 g/mol. The second-order valence-corrected chi connectivity index (χ2v) is 8.50. The van der Waals surface area contributed by atoms with E-state index in [0.717, 1.165) is 54.5 Å². The van der Waals surface area contributed by atoms with E-state index < -0.39 is 10.8 Å². The molecule has 1 saturated carbocycles. The molecule has 0 bridgehead atoms. The molecular formula is C18H28ClN3OS. The van der Waals surface area contributed by atoms with Gasteiger partial charge in [-0.15, -0.1) is 0 Å². The fourth-order valence-electron chi connectivity index (χ4n) is 3.05. The first-order valence-corrected chi connectivity index (χ1v) is 10.6. The van der Waals surface area contributed by atoms with Crippen LogP contribution in [0.15, 0.2) is 29.3 Å². The van der Waals surface area contributed by atoms with Gasteiger partial charge in [0.25, 0.3) is 0 Å². The zero-order valence-corrected chi connectivity index (χ0v) is 16.1.